The van der Waals surface area contributed by atoms with Crippen molar-refractivity contribution in [3.05, 3.63) is 289 Å². The molecule has 392 valence electrons. The second-order valence-electron chi connectivity index (χ2n) is 17.3. The Morgan fingerprint density at radius 2 is 0.359 bits per heavy atom. The van der Waals surface area contributed by atoms with Crippen LogP contribution in [0.15, 0.2) is 267 Å². The Morgan fingerprint density at radius 3 is 0.513 bits per heavy atom. The van der Waals surface area contributed by atoms with Crippen molar-refractivity contribution in [1.29, 1.82) is 0 Å². The van der Waals surface area contributed by atoms with E-state index in [1.807, 2.05) is 222 Å². The zero-order valence-electron chi connectivity index (χ0n) is 44.0. The van der Waals surface area contributed by atoms with Gasteiger partial charge in [0.15, 0.2) is 0 Å². The number of aryl methyl sites for hydroxylation is 4. The maximum Gasteiger partial charge on any atom is 0.123 e. The summed E-state index contributed by atoms with van der Waals surface area (Å²) in [6, 6.07) is 81.8. The Labute approximate surface area is 486 Å². The van der Waals surface area contributed by atoms with Crippen molar-refractivity contribution in [2.24, 2.45) is 0 Å². The van der Waals surface area contributed by atoms with Gasteiger partial charge in [0.05, 0.1) is 0 Å². The number of rotatable bonds is 0. The minimum absolute atomic E-state index is 0. The first-order chi connectivity index (χ1) is 36.7. The van der Waals surface area contributed by atoms with Crippen LogP contribution >= 0.6 is 0 Å². The summed E-state index contributed by atoms with van der Waals surface area (Å²) in [4.78, 5) is 0. The molecule has 0 aliphatic carbocycles. The van der Waals surface area contributed by atoms with Gasteiger partial charge in [0.1, 0.15) is 46.0 Å². The van der Waals surface area contributed by atoms with Gasteiger partial charge in [0.25, 0.3) is 0 Å². The fourth-order valence-electron chi connectivity index (χ4n) is 7.35. The van der Waals surface area contributed by atoms with E-state index in [1.165, 1.54) is 0 Å². The fraction of sp³-hybridized carbons (Fsp3) is 0.0588. The topological polar surface area (TPSA) is 162 Å². The van der Waals surface area contributed by atoms with E-state index in [0.29, 0.717) is 46.0 Å². The van der Waals surface area contributed by atoms with E-state index >= 15 is 0 Å². The van der Waals surface area contributed by atoms with Gasteiger partial charge in [-0.1, -0.05) is 194 Å². The molecule has 8 N–H and O–H groups in total. The maximum atomic E-state index is 9.37. The molecule has 0 spiro atoms. The summed E-state index contributed by atoms with van der Waals surface area (Å²) >= 11 is 0. The van der Waals surface area contributed by atoms with Crippen LogP contribution in [-0.2, 0) is 43.4 Å². The molecular weight excluding hydrogens is 1040 g/mol. The summed E-state index contributed by atoms with van der Waals surface area (Å²) in [6.07, 6.45) is 0. The molecule has 8 nitrogen and oxygen atoms in total. The van der Waals surface area contributed by atoms with Crippen LogP contribution in [0.1, 0.15) is 22.3 Å². The SMILES string of the molecule is Cc1cccc(O)c1.Cc1cccc(O)c1.Cc1cccc(O)c1.Cc1cccc(O)c1.Oc1cccc2ccccc12.Oc1cccc2ccccc12.Oc1cccc2ccccc12.Oc1cccc2ccccc12.[Ti].[Ti]. The molecule has 0 radical (unpaired) electrons. The number of phenols is 8. The van der Waals surface area contributed by atoms with Gasteiger partial charge in [0, 0.05) is 65.0 Å². The summed E-state index contributed by atoms with van der Waals surface area (Å²) in [5.74, 6) is 2.75. The van der Waals surface area contributed by atoms with E-state index in [4.69, 9.17) is 20.4 Å². The molecule has 12 aromatic rings. The van der Waals surface area contributed by atoms with Gasteiger partial charge >= 0.3 is 0 Å². The molecule has 0 fully saturated rings. The third-order valence-electron chi connectivity index (χ3n) is 11.1. The van der Waals surface area contributed by atoms with Gasteiger partial charge < -0.3 is 40.9 Å². The van der Waals surface area contributed by atoms with Gasteiger partial charge in [-0.3, -0.25) is 0 Å². The Hall–Kier alpha value is -8.49. The Balaban J connectivity index is 0.000000235. The number of benzene rings is 12. The van der Waals surface area contributed by atoms with Gasteiger partial charge in [-0.2, -0.15) is 0 Å². The second-order valence-corrected chi connectivity index (χ2v) is 17.3. The van der Waals surface area contributed by atoms with Gasteiger partial charge in [0.2, 0.25) is 0 Å². The van der Waals surface area contributed by atoms with E-state index < -0.39 is 0 Å². The first-order valence-corrected chi connectivity index (χ1v) is 24.4. The normalized spacial score (nSPS) is 9.49. The third-order valence-corrected chi connectivity index (χ3v) is 11.1. The van der Waals surface area contributed by atoms with Crippen molar-refractivity contribution in [2.45, 2.75) is 27.7 Å². The summed E-state index contributed by atoms with van der Waals surface area (Å²) in [5, 5.41) is 80.7. The minimum Gasteiger partial charge on any atom is -0.508 e. The maximum absolute atomic E-state index is 9.37. The average Bonchev–Trinajstić information content (AvgIpc) is 3.41. The molecule has 0 saturated carbocycles. The van der Waals surface area contributed by atoms with Gasteiger partial charge in [-0.25, -0.2) is 0 Å². The van der Waals surface area contributed by atoms with Crippen molar-refractivity contribution in [1.82, 2.24) is 0 Å². The molecule has 12 rings (SSSR count). The second kappa shape index (κ2) is 34.2. The van der Waals surface area contributed by atoms with Crippen LogP contribution in [0.2, 0.25) is 0 Å². The quantitative estimate of drug-likeness (QED) is 0.0696. The fourth-order valence-corrected chi connectivity index (χ4v) is 7.35. The molecule has 0 unspecified atom stereocenters. The Bertz CT molecular complexity index is 3110. The first-order valence-electron chi connectivity index (χ1n) is 24.4. The monoisotopic (exact) mass is 1100 g/mol. The smallest absolute Gasteiger partial charge is 0.123 e. The van der Waals surface area contributed by atoms with Crippen molar-refractivity contribution in [3.8, 4) is 46.0 Å². The van der Waals surface area contributed by atoms with E-state index in [1.54, 1.807) is 72.8 Å². The zero-order valence-corrected chi connectivity index (χ0v) is 47.1. The Kier molecular flexibility index (Phi) is 28.0. The van der Waals surface area contributed by atoms with Crippen LogP contribution < -0.4 is 0 Å². The molecule has 0 saturated heterocycles. The van der Waals surface area contributed by atoms with Crippen LogP contribution in [0.5, 0.6) is 46.0 Å². The zero-order chi connectivity index (χ0) is 54.7. The average molecular weight is 1100 g/mol. The minimum atomic E-state index is 0. The van der Waals surface area contributed by atoms with Crippen molar-refractivity contribution < 1.29 is 84.3 Å². The van der Waals surface area contributed by atoms with Crippen LogP contribution in [0, 0.1) is 27.7 Å². The number of hydrogen-bond donors (Lipinski definition) is 8. The molecule has 0 atom stereocenters. The van der Waals surface area contributed by atoms with Crippen molar-refractivity contribution >= 4 is 43.1 Å². The molecule has 12 aromatic carbocycles. The molecule has 0 heterocycles. The van der Waals surface area contributed by atoms with Gasteiger partial charge in [-0.15, -0.1) is 0 Å². The van der Waals surface area contributed by atoms with Crippen LogP contribution in [-0.4, -0.2) is 40.9 Å². The van der Waals surface area contributed by atoms with E-state index in [9.17, 15) is 20.4 Å². The van der Waals surface area contributed by atoms with Crippen molar-refractivity contribution in [3.63, 3.8) is 0 Å². The summed E-state index contributed by atoms with van der Waals surface area (Å²) < 4.78 is 0. The van der Waals surface area contributed by atoms with Crippen LogP contribution in [0.25, 0.3) is 43.1 Å². The number of aromatic hydroxyl groups is 8. The molecule has 10 heteroatoms. The predicted octanol–water partition coefficient (Wildman–Crippen LogP) is 17.0. The summed E-state index contributed by atoms with van der Waals surface area (Å²) in [6.45, 7) is 7.78. The molecule has 0 aliphatic heterocycles. The molecule has 0 aliphatic rings. The number of hydrogen-bond acceptors (Lipinski definition) is 8. The molecule has 0 aromatic heterocycles. The number of phenolic OH excluding ortho intramolecular Hbond substituents is 8. The van der Waals surface area contributed by atoms with E-state index in [0.717, 1.165) is 65.3 Å². The van der Waals surface area contributed by atoms with E-state index in [2.05, 4.69) is 0 Å². The molecule has 0 bridgehead atoms. The third kappa shape index (κ3) is 22.4. The van der Waals surface area contributed by atoms with Crippen molar-refractivity contribution in [2.75, 3.05) is 0 Å². The Morgan fingerprint density at radius 1 is 0.192 bits per heavy atom. The standard InChI is InChI=1S/4C10H8O.4C7H8O.2Ti/c4*11-10-7-3-5-8-4-1-2-6-9(8)10;4*1-6-3-2-4-7(8)5-6;;/h4*1-7,11H;4*2-5,8H,1H3;;. The molecular formula is C68H64O8Ti2. The van der Waals surface area contributed by atoms with Crippen LogP contribution in [0.3, 0.4) is 0 Å². The summed E-state index contributed by atoms with van der Waals surface area (Å²) in [5.41, 5.74) is 4.35. The summed E-state index contributed by atoms with van der Waals surface area (Å²) in [7, 11) is 0. The van der Waals surface area contributed by atoms with E-state index in [-0.39, 0.29) is 43.4 Å². The van der Waals surface area contributed by atoms with Crippen LogP contribution in [0.4, 0.5) is 0 Å². The predicted molar refractivity (Wildman–Crippen MR) is 314 cm³/mol. The molecule has 78 heavy (non-hydrogen) atoms. The molecule has 0 amide bonds. The first kappa shape index (κ1) is 63.8. The number of fused-ring (bicyclic) bond motifs is 4. The largest absolute Gasteiger partial charge is 0.508 e. The van der Waals surface area contributed by atoms with Gasteiger partial charge in [-0.05, 0) is 144 Å².